The number of alkyl carbamates (subject to hydrolysis) is 1. The lowest BCUT2D eigenvalue weighted by molar-refractivity contribution is 0.0521. The van der Waals surface area contributed by atoms with E-state index in [1.54, 1.807) is 0 Å². The number of ether oxygens (including phenoxy) is 1. The molecule has 1 aliphatic heterocycles. The fourth-order valence-corrected chi connectivity index (χ4v) is 2.51. The van der Waals surface area contributed by atoms with E-state index in [4.69, 9.17) is 4.74 Å². The topological polar surface area (TPSA) is 50.4 Å². The second-order valence-electron chi connectivity index (χ2n) is 6.14. The van der Waals surface area contributed by atoms with Crippen molar-refractivity contribution in [3.05, 3.63) is 0 Å². The average Bonchev–Trinajstić information content (AvgIpc) is 2.27. The van der Waals surface area contributed by atoms with E-state index < -0.39 is 5.60 Å². The molecule has 4 heteroatoms. The molecule has 1 fully saturated rings. The van der Waals surface area contributed by atoms with Crippen molar-refractivity contribution in [2.45, 2.75) is 52.6 Å². The maximum atomic E-state index is 11.5. The van der Waals surface area contributed by atoms with E-state index in [0.717, 1.165) is 37.9 Å². The van der Waals surface area contributed by atoms with Crippen LogP contribution in [0.5, 0.6) is 0 Å². The first kappa shape index (κ1) is 15.3. The zero-order chi connectivity index (χ0) is 13.6. The number of piperidine rings is 1. The SMILES string of the molecule is CCC1CNCCC1CCNC(=O)OC(C)(C)C. The van der Waals surface area contributed by atoms with Gasteiger partial charge in [0.25, 0.3) is 0 Å². The molecule has 0 aromatic heterocycles. The van der Waals surface area contributed by atoms with Crippen LogP contribution in [0.25, 0.3) is 0 Å². The standard InChI is InChI=1S/C14H28N2O2/c1-5-11-10-15-8-6-12(11)7-9-16-13(17)18-14(2,3)4/h11-12,15H,5-10H2,1-4H3,(H,16,17). The van der Waals surface area contributed by atoms with E-state index in [-0.39, 0.29) is 6.09 Å². The second-order valence-corrected chi connectivity index (χ2v) is 6.14. The number of carbonyl (C=O) groups is 1. The molecule has 1 saturated heterocycles. The van der Waals surface area contributed by atoms with Crippen LogP contribution in [-0.4, -0.2) is 31.3 Å². The summed E-state index contributed by atoms with van der Waals surface area (Å²) in [4.78, 5) is 11.5. The summed E-state index contributed by atoms with van der Waals surface area (Å²) in [6.45, 7) is 10.8. The Hall–Kier alpha value is -0.770. The molecule has 1 aliphatic rings. The van der Waals surface area contributed by atoms with Crippen molar-refractivity contribution >= 4 is 6.09 Å². The van der Waals surface area contributed by atoms with Gasteiger partial charge >= 0.3 is 6.09 Å². The van der Waals surface area contributed by atoms with Gasteiger partial charge in [-0.05, 0) is 58.5 Å². The van der Waals surface area contributed by atoms with Crippen molar-refractivity contribution in [3.8, 4) is 0 Å². The van der Waals surface area contributed by atoms with Crippen molar-refractivity contribution in [2.24, 2.45) is 11.8 Å². The van der Waals surface area contributed by atoms with Gasteiger partial charge in [0.1, 0.15) is 5.60 Å². The number of nitrogens with one attached hydrogen (secondary N) is 2. The summed E-state index contributed by atoms with van der Waals surface area (Å²) in [5, 5.41) is 6.28. The van der Waals surface area contributed by atoms with Crippen LogP contribution in [0, 0.1) is 11.8 Å². The van der Waals surface area contributed by atoms with Gasteiger partial charge in [0.2, 0.25) is 0 Å². The van der Waals surface area contributed by atoms with E-state index >= 15 is 0 Å². The number of hydrogen-bond acceptors (Lipinski definition) is 3. The van der Waals surface area contributed by atoms with E-state index in [2.05, 4.69) is 17.6 Å². The first-order chi connectivity index (χ1) is 8.42. The van der Waals surface area contributed by atoms with Gasteiger partial charge in [-0.15, -0.1) is 0 Å². The highest BCUT2D eigenvalue weighted by molar-refractivity contribution is 5.67. The predicted molar refractivity (Wildman–Crippen MR) is 73.6 cm³/mol. The van der Waals surface area contributed by atoms with Gasteiger partial charge in [-0.25, -0.2) is 4.79 Å². The van der Waals surface area contributed by atoms with Crippen LogP contribution >= 0.6 is 0 Å². The fraction of sp³-hybridized carbons (Fsp3) is 0.929. The molecule has 0 aromatic carbocycles. The Balaban J connectivity index is 2.22. The first-order valence-electron chi connectivity index (χ1n) is 7.10. The molecular formula is C14H28N2O2. The van der Waals surface area contributed by atoms with Crippen molar-refractivity contribution in [2.75, 3.05) is 19.6 Å². The van der Waals surface area contributed by atoms with Gasteiger partial charge in [-0.1, -0.05) is 13.3 Å². The molecule has 0 radical (unpaired) electrons. The van der Waals surface area contributed by atoms with Crippen molar-refractivity contribution in [1.29, 1.82) is 0 Å². The minimum Gasteiger partial charge on any atom is -0.444 e. The van der Waals surface area contributed by atoms with Crippen LogP contribution in [0.4, 0.5) is 4.79 Å². The van der Waals surface area contributed by atoms with E-state index in [9.17, 15) is 4.79 Å². The Bertz CT molecular complexity index is 261. The molecule has 18 heavy (non-hydrogen) atoms. The summed E-state index contributed by atoms with van der Waals surface area (Å²) in [6, 6.07) is 0. The van der Waals surface area contributed by atoms with Gasteiger partial charge in [-0.2, -0.15) is 0 Å². The quantitative estimate of drug-likeness (QED) is 0.812. The van der Waals surface area contributed by atoms with Crippen LogP contribution in [-0.2, 0) is 4.74 Å². The third-order valence-corrected chi connectivity index (χ3v) is 3.47. The molecule has 0 saturated carbocycles. The van der Waals surface area contributed by atoms with Crippen LogP contribution in [0.2, 0.25) is 0 Å². The summed E-state index contributed by atoms with van der Waals surface area (Å²) >= 11 is 0. The minimum atomic E-state index is -0.412. The van der Waals surface area contributed by atoms with Gasteiger partial charge < -0.3 is 15.4 Å². The maximum Gasteiger partial charge on any atom is 0.407 e. The molecule has 106 valence electrons. The molecule has 0 aliphatic carbocycles. The number of rotatable bonds is 4. The van der Waals surface area contributed by atoms with Crippen LogP contribution in [0.1, 0.15) is 47.0 Å². The molecule has 1 amide bonds. The molecule has 0 spiro atoms. The molecule has 0 bridgehead atoms. The van der Waals surface area contributed by atoms with Gasteiger partial charge in [0.15, 0.2) is 0 Å². The highest BCUT2D eigenvalue weighted by Gasteiger charge is 2.23. The lowest BCUT2D eigenvalue weighted by Gasteiger charge is -2.31. The summed E-state index contributed by atoms with van der Waals surface area (Å²) in [6.07, 6.45) is 3.18. The summed E-state index contributed by atoms with van der Waals surface area (Å²) in [5.41, 5.74) is -0.412. The van der Waals surface area contributed by atoms with Gasteiger partial charge in [-0.3, -0.25) is 0 Å². The molecule has 1 rings (SSSR count). The fourth-order valence-electron chi connectivity index (χ4n) is 2.51. The third-order valence-electron chi connectivity index (χ3n) is 3.47. The second kappa shape index (κ2) is 6.98. The zero-order valence-electron chi connectivity index (χ0n) is 12.2. The van der Waals surface area contributed by atoms with Crippen LogP contribution in [0.3, 0.4) is 0 Å². The van der Waals surface area contributed by atoms with E-state index in [1.807, 2.05) is 20.8 Å². The molecule has 2 N–H and O–H groups in total. The van der Waals surface area contributed by atoms with Crippen molar-refractivity contribution in [1.82, 2.24) is 10.6 Å². The summed E-state index contributed by atoms with van der Waals surface area (Å²) < 4.78 is 5.22. The number of hydrogen-bond donors (Lipinski definition) is 2. The lowest BCUT2D eigenvalue weighted by Crippen LogP contribution is -2.39. The Morgan fingerprint density at radius 3 is 2.72 bits per heavy atom. The molecule has 2 atom stereocenters. The molecule has 1 heterocycles. The summed E-state index contributed by atoms with van der Waals surface area (Å²) in [7, 11) is 0. The lowest BCUT2D eigenvalue weighted by atomic mass is 9.82. The highest BCUT2D eigenvalue weighted by Crippen LogP contribution is 2.24. The molecular weight excluding hydrogens is 228 g/mol. The first-order valence-corrected chi connectivity index (χ1v) is 7.10. The smallest absolute Gasteiger partial charge is 0.407 e. The minimum absolute atomic E-state index is 0.301. The van der Waals surface area contributed by atoms with Gasteiger partial charge in [0, 0.05) is 6.54 Å². The van der Waals surface area contributed by atoms with E-state index in [1.165, 1.54) is 12.8 Å². The largest absolute Gasteiger partial charge is 0.444 e. The van der Waals surface area contributed by atoms with Crippen molar-refractivity contribution in [3.63, 3.8) is 0 Å². The maximum absolute atomic E-state index is 11.5. The van der Waals surface area contributed by atoms with E-state index in [0.29, 0.717) is 0 Å². The molecule has 4 nitrogen and oxygen atoms in total. The van der Waals surface area contributed by atoms with Crippen molar-refractivity contribution < 1.29 is 9.53 Å². The average molecular weight is 256 g/mol. The Labute approximate surface area is 111 Å². The number of amides is 1. The Morgan fingerprint density at radius 1 is 1.39 bits per heavy atom. The van der Waals surface area contributed by atoms with Crippen LogP contribution in [0.15, 0.2) is 0 Å². The Kier molecular flexibility index (Phi) is 5.93. The zero-order valence-corrected chi connectivity index (χ0v) is 12.2. The van der Waals surface area contributed by atoms with Gasteiger partial charge in [0.05, 0.1) is 0 Å². The monoisotopic (exact) mass is 256 g/mol. The Morgan fingerprint density at radius 2 is 2.11 bits per heavy atom. The summed E-state index contributed by atoms with van der Waals surface area (Å²) in [5.74, 6) is 1.48. The van der Waals surface area contributed by atoms with Crippen LogP contribution < -0.4 is 10.6 Å². The normalized spacial score (nSPS) is 24.7. The highest BCUT2D eigenvalue weighted by atomic mass is 16.6. The molecule has 2 unspecified atom stereocenters. The predicted octanol–water partition coefficient (Wildman–Crippen LogP) is 2.54. The molecule has 0 aromatic rings. The number of carbonyl (C=O) groups excluding carboxylic acids is 1. The third kappa shape index (κ3) is 5.71.